The van der Waals surface area contributed by atoms with Crippen LogP contribution in [0.2, 0.25) is 0 Å². The van der Waals surface area contributed by atoms with Crippen LogP contribution in [0.15, 0.2) is 54.6 Å². The van der Waals surface area contributed by atoms with Crippen LogP contribution >= 0.6 is 0 Å². The minimum atomic E-state index is -0.508. The van der Waals surface area contributed by atoms with Crippen LogP contribution in [0.1, 0.15) is 31.9 Å². The number of aliphatic hydroxyl groups excluding tert-OH is 1. The molecule has 0 aliphatic rings. The zero-order chi connectivity index (χ0) is 14.5. The van der Waals surface area contributed by atoms with Crippen molar-refractivity contribution < 1.29 is 5.11 Å². The van der Waals surface area contributed by atoms with E-state index >= 15 is 0 Å². The van der Waals surface area contributed by atoms with Crippen LogP contribution in [0, 0.1) is 5.92 Å². The Bertz CT molecular complexity index is 538. The van der Waals surface area contributed by atoms with Crippen molar-refractivity contribution in [1.82, 2.24) is 0 Å². The molecule has 0 fully saturated rings. The molecule has 0 aliphatic heterocycles. The van der Waals surface area contributed by atoms with Gasteiger partial charge in [-0.3, -0.25) is 0 Å². The fraction of sp³-hybridized carbons (Fsp3) is 0.333. The van der Waals surface area contributed by atoms with E-state index < -0.39 is 6.10 Å². The summed E-state index contributed by atoms with van der Waals surface area (Å²) < 4.78 is 0. The van der Waals surface area contributed by atoms with E-state index in [0.717, 1.165) is 17.5 Å². The average Bonchev–Trinajstić information content (AvgIpc) is 2.53. The van der Waals surface area contributed by atoms with E-state index in [0.29, 0.717) is 0 Å². The number of benzene rings is 2. The second-order valence-electron chi connectivity index (χ2n) is 5.39. The summed E-state index contributed by atoms with van der Waals surface area (Å²) in [5, 5.41) is 10.3. The number of nitrogens with two attached hydrogens (primary N) is 1. The Hall–Kier alpha value is -1.64. The fourth-order valence-electron chi connectivity index (χ4n) is 2.35. The second kappa shape index (κ2) is 6.69. The van der Waals surface area contributed by atoms with Crippen LogP contribution in [0.3, 0.4) is 0 Å². The summed E-state index contributed by atoms with van der Waals surface area (Å²) in [6.45, 7) is 4.10. The summed E-state index contributed by atoms with van der Waals surface area (Å²) in [5.41, 5.74) is 9.50. The van der Waals surface area contributed by atoms with Crippen molar-refractivity contribution in [2.24, 2.45) is 11.7 Å². The molecule has 20 heavy (non-hydrogen) atoms. The van der Waals surface area contributed by atoms with Crippen molar-refractivity contribution >= 4 is 0 Å². The van der Waals surface area contributed by atoms with Crippen LogP contribution < -0.4 is 5.73 Å². The van der Waals surface area contributed by atoms with Gasteiger partial charge < -0.3 is 10.8 Å². The van der Waals surface area contributed by atoms with Gasteiger partial charge in [-0.2, -0.15) is 0 Å². The molecule has 2 aromatic carbocycles. The molecule has 0 bridgehead atoms. The van der Waals surface area contributed by atoms with Gasteiger partial charge in [0.15, 0.2) is 0 Å². The second-order valence-corrected chi connectivity index (χ2v) is 5.39. The van der Waals surface area contributed by atoms with E-state index in [2.05, 4.69) is 31.2 Å². The first-order valence-corrected chi connectivity index (χ1v) is 7.22. The highest BCUT2D eigenvalue weighted by Crippen LogP contribution is 2.26. The largest absolute Gasteiger partial charge is 0.391 e. The predicted octanol–water partition coefficient (Wildman–Crippen LogP) is 3.76. The Balaban J connectivity index is 2.26. The van der Waals surface area contributed by atoms with E-state index in [9.17, 15) is 5.11 Å². The Kier molecular flexibility index (Phi) is 4.94. The van der Waals surface area contributed by atoms with Crippen LogP contribution in [0.4, 0.5) is 0 Å². The number of aliphatic hydroxyl groups is 1. The molecule has 2 aromatic rings. The highest BCUT2D eigenvalue weighted by atomic mass is 16.3. The summed E-state index contributed by atoms with van der Waals surface area (Å²) in [6, 6.07) is 18.0. The standard InChI is InChI=1S/C18H23NO/c1-3-13(2)18(20)17(19)16-11-7-10-15(12-16)14-8-5-4-6-9-14/h4-13,17-18,20H,3,19H2,1-2H3/t13?,17-,18+/m1/s1. The molecule has 2 nitrogen and oxygen atoms in total. The minimum Gasteiger partial charge on any atom is -0.391 e. The maximum Gasteiger partial charge on any atom is 0.0758 e. The van der Waals surface area contributed by atoms with Gasteiger partial charge in [-0.15, -0.1) is 0 Å². The molecule has 0 radical (unpaired) electrons. The molecule has 0 spiro atoms. The van der Waals surface area contributed by atoms with Crippen molar-refractivity contribution in [3.05, 3.63) is 60.2 Å². The van der Waals surface area contributed by atoms with Crippen molar-refractivity contribution in [2.75, 3.05) is 0 Å². The summed E-state index contributed by atoms with van der Waals surface area (Å²) >= 11 is 0. The van der Waals surface area contributed by atoms with Gasteiger partial charge in [0.1, 0.15) is 0 Å². The van der Waals surface area contributed by atoms with Crippen molar-refractivity contribution in [3.8, 4) is 11.1 Å². The van der Waals surface area contributed by atoms with E-state index in [-0.39, 0.29) is 12.0 Å². The van der Waals surface area contributed by atoms with Gasteiger partial charge in [-0.05, 0) is 28.7 Å². The lowest BCUT2D eigenvalue weighted by Gasteiger charge is -2.24. The van der Waals surface area contributed by atoms with Crippen molar-refractivity contribution in [3.63, 3.8) is 0 Å². The predicted molar refractivity (Wildman–Crippen MR) is 84.3 cm³/mol. The fourth-order valence-corrected chi connectivity index (χ4v) is 2.35. The number of hydrogen-bond acceptors (Lipinski definition) is 2. The highest BCUT2D eigenvalue weighted by molar-refractivity contribution is 5.64. The molecule has 106 valence electrons. The normalized spacial score (nSPS) is 15.6. The summed E-state index contributed by atoms with van der Waals surface area (Å²) in [5.74, 6) is 0.199. The average molecular weight is 269 g/mol. The molecule has 0 saturated heterocycles. The van der Waals surface area contributed by atoms with E-state index in [1.807, 2.05) is 37.3 Å². The summed E-state index contributed by atoms with van der Waals surface area (Å²) in [4.78, 5) is 0. The molecule has 0 saturated carbocycles. The van der Waals surface area contributed by atoms with Crippen molar-refractivity contribution in [1.29, 1.82) is 0 Å². The first-order valence-electron chi connectivity index (χ1n) is 7.22. The molecule has 2 rings (SSSR count). The third-order valence-corrected chi connectivity index (χ3v) is 3.97. The molecule has 2 heteroatoms. The lowest BCUT2D eigenvalue weighted by Crippen LogP contribution is -2.31. The quantitative estimate of drug-likeness (QED) is 0.868. The summed E-state index contributed by atoms with van der Waals surface area (Å²) in [7, 11) is 0. The molecule has 0 aromatic heterocycles. The van der Waals surface area contributed by atoms with Gasteiger partial charge >= 0.3 is 0 Å². The van der Waals surface area contributed by atoms with Gasteiger partial charge in [0.25, 0.3) is 0 Å². The highest BCUT2D eigenvalue weighted by Gasteiger charge is 2.21. The lowest BCUT2D eigenvalue weighted by molar-refractivity contribution is 0.0880. The third-order valence-electron chi connectivity index (χ3n) is 3.97. The maximum atomic E-state index is 10.3. The van der Waals surface area contributed by atoms with E-state index in [4.69, 9.17) is 5.73 Å². The zero-order valence-corrected chi connectivity index (χ0v) is 12.2. The molecule has 3 N–H and O–H groups in total. The van der Waals surface area contributed by atoms with Gasteiger partial charge in [0.2, 0.25) is 0 Å². The Morgan fingerprint density at radius 2 is 1.65 bits per heavy atom. The van der Waals surface area contributed by atoms with Gasteiger partial charge in [0.05, 0.1) is 12.1 Å². The van der Waals surface area contributed by atoms with Gasteiger partial charge in [-0.25, -0.2) is 0 Å². The van der Waals surface area contributed by atoms with E-state index in [1.54, 1.807) is 0 Å². The SMILES string of the molecule is CCC(C)[C@H](O)[C@H](N)c1cccc(-c2ccccc2)c1. The van der Waals surface area contributed by atoms with Crippen molar-refractivity contribution in [2.45, 2.75) is 32.4 Å². The first kappa shape index (κ1) is 14.8. The van der Waals surface area contributed by atoms with Gasteiger partial charge in [-0.1, -0.05) is 68.8 Å². The lowest BCUT2D eigenvalue weighted by atomic mass is 9.90. The monoisotopic (exact) mass is 269 g/mol. The molecule has 1 unspecified atom stereocenters. The van der Waals surface area contributed by atoms with Crippen LogP contribution in [-0.4, -0.2) is 11.2 Å². The summed E-state index contributed by atoms with van der Waals surface area (Å²) in [6.07, 6.45) is 0.416. The molecule has 0 amide bonds. The Labute approximate surface area is 121 Å². The molecule has 0 aliphatic carbocycles. The Morgan fingerprint density at radius 1 is 1.00 bits per heavy atom. The van der Waals surface area contributed by atoms with Gasteiger partial charge in [0, 0.05) is 0 Å². The molecule has 3 atom stereocenters. The topological polar surface area (TPSA) is 46.2 Å². The first-order chi connectivity index (χ1) is 9.63. The zero-order valence-electron chi connectivity index (χ0n) is 12.2. The molecule has 0 heterocycles. The molecular formula is C18H23NO. The van der Waals surface area contributed by atoms with Crippen LogP contribution in [0.5, 0.6) is 0 Å². The third kappa shape index (κ3) is 3.27. The molecular weight excluding hydrogens is 246 g/mol. The van der Waals surface area contributed by atoms with Crippen LogP contribution in [-0.2, 0) is 0 Å². The van der Waals surface area contributed by atoms with E-state index in [1.165, 1.54) is 5.56 Å². The Morgan fingerprint density at radius 3 is 2.30 bits per heavy atom. The smallest absolute Gasteiger partial charge is 0.0758 e. The minimum absolute atomic E-state index is 0.199. The maximum absolute atomic E-state index is 10.3. The number of hydrogen-bond donors (Lipinski definition) is 2. The van der Waals surface area contributed by atoms with Crippen LogP contribution in [0.25, 0.3) is 11.1 Å². The number of rotatable bonds is 5.